The van der Waals surface area contributed by atoms with Crippen molar-refractivity contribution in [1.29, 1.82) is 0 Å². The second-order valence-corrected chi connectivity index (χ2v) is 10.5. The maximum atomic E-state index is 3.83. The van der Waals surface area contributed by atoms with Crippen LogP contribution in [0.25, 0.3) is 28.3 Å². The van der Waals surface area contributed by atoms with Crippen LogP contribution in [-0.4, -0.2) is 0 Å². The molecular formula is C36H40Br2ClIN4. The molecule has 8 heteroatoms. The number of nitrogens with zero attached hydrogens (tertiary/aromatic N) is 4. The van der Waals surface area contributed by atoms with E-state index in [1.807, 2.05) is 13.1 Å². The fourth-order valence-corrected chi connectivity index (χ4v) is 4.96. The number of aryl methyl sites for hydroxylation is 3. The van der Waals surface area contributed by atoms with E-state index in [2.05, 4.69) is 147 Å². The molecule has 0 fully saturated rings. The van der Waals surface area contributed by atoms with Crippen molar-refractivity contribution in [3.63, 3.8) is 0 Å². The van der Waals surface area contributed by atoms with Gasteiger partial charge in [-0.3, -0.25) is 0 Å². The first-order chi connectivity index (χ1) is 19.7. The number of hydrogen-bond donors (Lipinski definition) is 0. The van der Waals surface area contributed by atoms with Crippen molar-refractivity contribution in [2.24, 2.45) is 7.05 Å². The summed E-state index contributed by atoms with van der Waals surface area (Å²) in [6.45, 7) is 6.83. The van der Waals surface area contributed by atoms with Crippen LogP contribution in [0, 0.1) is 0 Å². The van der Waals surface area contributed by atoms with Gasteiger partial charge in [0.05, 0.1) is 0 Å². The van der Waals surface area contributed by atoms with Crippen LogP contribution in [0.2, 0.25) is 0 Å². The largest absolute Gasteiger partial charge is 1.00 e. The van der Waals surface area contributed by atoms with E-state index < -0.39 is 0 Å². The van der Waals surface area contributed by atoms with E-state index in [0.717, 1.165) is 25.2 Å². The molecule has 0 spiro atoms. The van der Waals surface area contributed by atoms with Gasteiger partial charge in [0, 0.05) is 66.9 Å². The lowest BCUT2D eigenvalue weighted by Crippen LogP contribution is -3.00. The van der Waals surface area contributed by atoms with Gasteiger partial charge >= 0.3 is 0 Å². The first-order valence-electron chi connectivity index (χ1n) is 14.3. The molecule has 1 aromatic carbocycles. The normalized spacial score (nSPS) is 9.93. The summed E-state index contributed by atoms with van der Waals surface area (Å²) in [7, 11) is 2.05. The number of benzene rings is 1. The molecule has 4 nitrogen and oxygen atoms in total. The van der Waals surface area contributed by atoms with Crippen LogP contribution in [-0.2, 0) is 26.7 Å². The number of hydrogen-bond acceptors (Lipinski definition) is 0. The maximum absolute atomic E-state index is 3.83. The molecule has 0 aliphatic rings. The number of pyridine rings is 4. The summed E-state index contributed by atoms with van der Waals surface area (Å²) < 4.78 is 8.88. The van der Waals surface area contributed by atoms with Crippen molar-refractivity contribution in [2.75, 3.05) is 0 Å². The number of unbranched alkanes of at least 4 members (excludes halogenated alkanes) is 3. The van der Waals surface area contributed by atoms with Gasteiger partial charge in [0.2, 0.25) is 0 Å². The molecule has 0 amide bonds. The highest BCUT2D eigenvalue weighted by Gasteiger charge is 2.08. The summed E-state index contributed by atoms with van der Waals surface area (Å²) in [6.07, 6.45) is 24.1. The smallest absolute Gasteiger partial charge is 0.173 e. The van der Waals surface area contributed by atoms with E-state index in [0.29, 0.717) is 0 Å². The summed E-state index contributed by atoms with van der Waals surface area (Å²) in [5, 5.41) is 0. The zero-order valence-corrected chi connectivity index (χ0v) is 31.2. The predicted octanol–water partition coefficient (Wildman–Crippen LogP) is -6.32. The summed E-state index contributed by atoms with van der Waals surface area (Å²) >= 11 is 0. The molecule has 0 atom stereocenters. The van der Waals surface area contributed by atoms with E-state index in [-0.39, 0.29) is 70.3 Å². The van der Waals surface area contributed by atoms with Crippen molar-refractivity contribution >= 4 is 6.08 Å². The Hall–Kier alpha value is -2.46. The molecule has 0 saturated carbocycles. The Morgan fingerprint density at radius 3 is 1.27 bits per heavy atom. The van der Waals surface area contributed by atoms with Gasteiger partial charge in [-0.15, -0.1) is 0 Å². The Balaban J connectivity index is 0.00000242. The molecule has 4 aromatic heterocycles. The molecule has 5 aromatic rings. The average Bonchev–Trinajstić information content (AvgIpc) is 3.01. The molecule has 0 bridgehead atoms. The molecule has 0 aliphatic carbocycles. The van der Waals surface area contributed by atoms with Crippen LogP contribution in [0.15, 0.2) is 129 Å². The fourth-order valence-electron chi connectivity index (χ4n) is 4.96. The van der Waals surface area contributed by atoms with Crippen molar-refractivity contribution in [3.8, 4) is 22.3 Å². The highest BCUT2D eigenvalue weighted by molar-refractivity contribution is 5.61. The third-order valence-corrected chi connectivity index (χ3v) is 7.48. The van der Waals surface area contributed by atoms with Gasteiger partial charge in [-0.1, -0.05) is 36.9 Å². The van der Waals surface area contributed by atoms with Crippen molar-refractivity contribution < 1.29 is 88.6 Å². The monoisotopic (exact) mass is 848 g/mol. The van der Waals surface area contributed by atoms with E-state index in [1.165, 1.54) is 53.5 Å². The quantitative estimate of drug-likeness (QED) is 0.0676. The first-order valence-corrected chi connectivity index (χ1v) is 14.3. The third kappa shape index (κ3) is 11.8. The van der Waals surface area contributed by atoms with Gasteiger partial charge in [-0.25, -0.2) is 18.3 Å². The number of halogens is 4. The van der Waals surface area contributed by atoms with Gasteiger partial charge in [0.1, 0.15) is 20.1 Å². The average molecular weight is 851 g/mol. The maximum Gasteiger partial charge on any atom is 0.173 e. The van der Waals surface area contributed by atoms with Gasteiger partial charge in [-0.05, 0) is 40.7 Å². The standard InChI is InChI=1S/C36H40N4.2BrH.ClH.HI/c1-3-31-8-10-32(11-9-31)30-40-28-18-36(19-29-40)35-16-26-39(27-17-35)21-7-5-4-6-20-38-24-14-34(15-25-38)33-12-22-37(2)23-13-33;;;;/h3,8-19,22-29H,1,4-7,20-21,30H2,2H3;4*1H/q+4;;;;/p-4. The van der Waals surface area contributed by atoms with Gasteiger partial charge in [0.25, 0.3) is 0 Å². The molecule has 0 saturated heterocycles. The molecule has 5 rings (SSSR count). The van der Waals surface area contributed by atoms with Crippen LogP contribution in [0.4, 0.5) is 0 Å². The lowest BCUT2D eigenvalue weighted by atomic mass is 10.1. The summed E-state index contributed by atoms with van der Waals surface area (Å²) in [5.41, 5.74) is 7.46. The molecular weight excluding hydrogens is 811 g/mol. The van der Waals surface area contributed by atoms with Crippen molar-refractivity contribution in [3.05, 3.63) is 140 Å². The molecule has 44 heavy (non-hydrogen) atoms. The fraction of sp³-hybridized carbons (Fsp3) is 0.222. The molecule has 232 valence electrons. The molecule has 0 radical (unpaired) electrons. The minimum atomic E-state index is 0. The molecule has 0 N–H and O–H groups in total. The minimum absolute atomic E-state index is 0. The van der Waals surface area contributed by atoms with Crippen LogP contribution in [0.5, 0.6) is 0 Å². The highest BCUT2D eigenvalue weighted by atomic mass is 127. The predicted molar refractivity (Wildman–Crippen MR) is 160 cm³/mol. The Morgan fingerprint density at radius 1 is 0.523 bits per heavy atom. The van der Waals surface area contributed by atoms with Crippen LogP contribution in [0.1, 0.15) is 36.8 Å². The van der Waals surface area contributed by atoms with Gasteiger partial charge < -0.3 is 70.3 Å². The van der Waals surface area contributed by atoms with Crippen molar-refractivity contribution in [1.82, 2.24) is 0 Å². The van der Waals surface area contributed by atoms with E-state index in [4.69, 9.17) is 0 Å². The highest BCUT2D eigenvalue weighted by Crippen LogP contribution is 2.17. The minimum Gasteiger partial charge on any atom is -1.00 e. The van der Waals surface area contributed by atoms with Crippen LogP contribution in [0.3, 0.4) is 0 Å². The van der Waals surface area contributed by atoms with Gasteiger partial charge in [0.15, 0.2) is 56.1 Å². The Morgan fingerprint density at radius 2 is 0.886 bits per heavy atom. The Kier molecular flexibility index (Phi) is 18.5. The lowest BCUT2D eigenvalue weighted by Gasteiger charge is -2.03. The number of aromatic nitrogens is 4. The SMILES string of the molecule is C=Cc1ccc(C[n+]2ccc(-c3cc[n+](CCCCCC[n+]4ccc(-c5cc[n+](C)cc5)cc4)cc3)cc2)cc1.[Br-].[Br-].[Cl-].[I-]. The topological polar surface area (TPSA) is 15.5 Å². The zero-order valence-electron chi connectivity index (χ0n) is 25.1. The summed E-state index contributed by atoms with van der Waals surface area (Å²) in [5.74, 6) is 0. The molecule has 0 aliphatic heterocycles. The van der Waals surface area contributed by atoms with E-state index in [9.17, 15) is 0 Å². The Bertz CT molecular complexity index is 1510. The van der Waals surface area contributed by atoms with E-state index >= 15 is 0 Å². The van der Waals surface area contributed by atoms with Crippen molar-refractivity contribution in [2.45, 2.75) is 45.3 Å². The zero-order chi connectivity index (χ0) is 27.6. The third-order valence-electron chi connectivity index (χ3n) is 7.48. The summed E-state index contributed by atoms with van der Waals surface area (Å²) in [4.78, 5) is 0. The number of rotatable bonds is 12. The summed E-state index contributed by atoms with van der Waals surface area (Å²) in [6, 6.07) is 26.2. The first kappa shape index (κ1) is 39.6. The second-order valence-electron chi connectivity index (χ2n) is 10.5. The van der Waals surface area contributed by atoms with Gasteiger partial charge in [-0.2, -0.15) is 0 Å². The Labute approximate surface area is 307 Å². The van der Waals surface area contributed by atoms with Crippen LogP contribution < -0.4 is 88.6 Å². The van der Waals surface area contributed by atoms with E-state index in [1.54, 1.807) is 0 Å². The second kappa shape index (κ2) is 20.5. The lowest BCUT2D eigenvalue weighted by molar-refractivity contribution is -0.698. The van der Waals surface area contributed by atoms with Crippen LogP contribution >= 0.6 is 0 Å². The molecule has 0 unspecified atom stereocenters. The molecule has 4 heterocycles.